The van der Waals surface area contributed by atoms with Crippen molar-refractivity contribution in [2.24, 2.45) is 0 Å². The summed E-state index contributed by atoms with van der Waals surface area (Å²) in [7, 11) is -3.83. The van der Waals surface area contributed by atoms with Gasteiger partial charge in [0.2, 0.25) is 9.84 Å². The first-order valence-electron chi connectivity index (χ1n) is 17.1. The molecule has 0 aliphatic carbocycles. The van der Waals surface area contributed by atoms with Crippen LogP contribution in [0.3, 0.4) is 0 Å². The topological polar surface area (TPSA) is 85.7 Å². The standard InChI is InChI=1S/C44H34N4O2S3/c1-27-7-5-9-33(23-27)39-41(31-15-19-45-20-16-31)51-43(47-39)35-11-13-37(29(3)25-35)53(49,50)38-14-12-36(26-30(38)4)44-48-40(34-10-6-8-28(2)24-34)42(52-44)32-17-21-46-22-18-32/h5-26H,1-4H3. The van der Waals surface area contributed by atoms with Crippen molar-refractivity contribution in [2.75, 3.05) is 0 Å². The van der Waals surface area contributed by atoms with Crippen molar-refractivity contribution in [1.82, 2.24) is 19.9 Å². The van der Waals surface area contributed by atoms with Crippen molar-refractivity contribution in [3.63, 3.8) is 0 Å². The van der Waals surface area contributed by atoms with Crippen LogP contribution in [0.15, 0.2) is 144 Å². The van der Waals surface area contributed by atoms with Gasteiger partial charge < -0.3 is 0 Å². The lowest BCUT2D eigenvalue weighted by atomic mass is 10.1. The Morgan fingerprint density at radius 2 is 0.868 bits per heavy atom. The lowest BCUT2D eigenvalue weighted by Gasteiger charge is -2.12. The van der Waals surface area contributed by atoms with Crippen molar-refractivity contribution >= 4 is 32.5 Å². The van der Waals surface area contributed by atoms with Crippen molar-refractivity contribution < 1.29 is 8.42 Å². The normalized spacial score (nSPS) is 11.5. The molecule has 0 atom stereocenters. The molecule has 8 aromatic rings. The highest BCUT2D eigenvalue weighted by Crippen LogP contribution is 2.43. The van der Waals surface area contributed by atoms with Crippen LogP contribution in [-0.2, 0) is 9.84 Å². The molecule has 9 heteroatoms. The van der Waals surface area contributed by atoms with Gasteiger partial charge in [-0.1, -0.05) is 59.7 Å². The molecular formula is C44H34N4O2S3. The van der Waals surface area contributed by atoms with E-state index in [2.05, 4.69) is 60.2 Å². The predicted molar refractivity (Wildman–Crippen MR) is 217 cm³/mol. The molecule has 0 bridgehead atoms. The van der Waals surface area contributed by atoms with Gasteiger partial charge in [0, 0.05) is 47.0 Å². The summed E-state index contributed by atoms with van der Waals surface area (Å²) in [6.07, 6.45) is 7.14. The Labute approximate surface area is 317 Å². The number of hydrogen-bond acceptors (Lipinski definition) is 8. The minimum atomic E-state index is -3.83. The van der Waals surface area contributed by atoms with Crippen molar-refractivity contribution in [3.05, 3.63) is 156 Å². The Hall–Kier alpha value is -5.61. The van der Waals surface area contributed by atoms with Crippen LogP contribution in [0.5, 0.6) is 0 Å². The van der Waals surface area contributed by atoms with E-state index in [9.17, 15) is 8.42 Å². The maximum Gasteiger partial charge on any atom is 0.207 e. The molecule has 53 heavy (non-hydrogen) atoms. The molecule has 4 aromatic carbocycles. The van der Waals surface area contributed by atoms with Gasteiger partial charge in [-0.3, -0.25) is 9.97 Å². The number of aryl methyl sites for hydroxylation is 4. The van der Waals surface area contributed by atoms with Gasteiger partial charge in [-0.05, 0) is 111 Å². The lowest BCUT2D eigenvalue weighted by Crippen LogP contribution is -2.06. The van der Waals surface area contributed by atoms with Gasteiger partial charge >= 0.3 is 0 Å². The molecule has 0 N–H and O–H groups in total. The molecule has 0 saturated heterocycles. The zero-order chi connectivity index (χ0) is 36.7. The Balaban J connectivity index is 1.14. The molecule has 4 aromatic heterocycles. The summed E-state index contributed by atoms with van der Waals surface area (Å²) in [5.74, 6) is 0. The summed E-state index contributed by atoms with van der Waals surface area (Å²) in [6, 6.07) is 35.6. The SMILES string of the molecule is Cc1cccc(-c2nc(-c3ccc(S(=O)(=O)c4ccc(-c5nc(-c6cccc(C)c6)c(-c6ccncc6)s5)cc4C)c(C)c3)sc2-c2ccncc2)c1. The van der Waals surface area contributed by atoms with Crippen LogP contribution in [0.25, 0.3) is 64.5 Å². The zero-order valence-corrected chi connectivity index (χ0v) is 32.0. The van der Waals surface area contributed by atoms with Crippen LogP contribution in [0.1, 0.15) is 22.3 Å². The minimum absolute atomic E-state index is 0.276. The number of nitrogens with zero attached hydrogens (tertiary/aromatic N) is 4. The second-order valence-electron chi connectivity index (χ2n) is 13.1. The monoisotopic (exact) mass is 746 g/mol. The number of rotatable bonds is 8. The molecule has 0 fully saturated rings. The molecule has 8 rings (SSSR count). The molecule has 0 aliphatic heterocycles. The van der Waals surface area contributed by atoms with E-state index in [-0.39, 0.29) is 9.79 Å². The fourth-order valence-electron chi connectivity index (χ4n) is 6.55. The average Bonchev–Trinajstić information content (AvgIpc) is 3.82. The van der Waals surface area contributed by atoms with Gasteiger partial charge in [-0.15, -0.1) is 22.7 Å². The second-order valence-corrected chi connectivity index (χ2v) is 17.0. The van der Waals surface area contributed by atoms with E-state index < -0.39 is 9.84 Å². The maximum absolute atomic E-state index is 14.3. The Morgan fingerprint density at radius 3 is 1.25 bits per heavy atom. The first kappa shape index (κ1) is 34.5. The Kier molecular flexibility index (Phi) is 9.16. The van der Waals surface area contributed by atoms with E-state index in [4.69, 9.17) is 9.97 Å². The summed E-state index contributed by atoms with van der Waals surface area (Å²) in [4.78, 5) is 21.2. The van der Waals surface area contributed by atoms with Gasteiger partial charge in [0.1, 0.15) is 10.0 Å². The summed E-state index contributed by atoms with van der Waals surface area (Å²) in [5.41, 5.74) is 11.3. The van der Waals surface area contributed by atoms with E-state index in [1.54, 1.807) is 59.6 Å². The van der Waals surface area contributed by atoms with E-state index >= 15 is 0 Å². The van der Waals surface area contributed by atoms with E-state index in [1.165, 1.54) is 0 Å². The molecule has 0 spiro atoms. The quantitative estimate of drug-likeness (QED) is 0.154. The third kappa shape index (κ3) is 6.75. The lowest BCUT2D eigenvalue weighted by molar-refractivity contribution is 0.595. The highest BCUT2D eigenvalue weighted by Gasteiger charge is 2.25. The van der Waals surface area contributed by atoms with Gasteiger partial charge in [0.05, 0.1) is 30.9 Å². The van der Waals surface area contributed by atoms with E-state index in [0.29, 0.717) is 11.1 Å². The molecule has 0 aliphatic rings. The summed E-state index contributed by atoms with van der Waals surface area (Å²) in [5, 5.41) is 1.64. The molecule has 0 saturated carbocycles. The first-order valence-corrected chi connectivity index (χ1v) is 20.2. The molecule has 260 valence electrons. The third-order valence-corrected chi connectivity index (χ3v) is 13.5. The van der Waals surface area contributed by atoms with E-state index in [1.807, 2.05) is 74.5 Å². The molecule has 6 nitrogen and oxygen atoms in total. The number of hydrogen-bond donors (Lipinski definition) is 0. The molecule has 4 heterocycles. The summed E-state index contributed by atoms with van der Waals surface area (Å²) in [6.45, 7) is 7.84. The summed E-state index contributed by atoms with van der Waals surface area (Å²) >= 11 is 3.18. The number of pyridine rings is 2. The Bertz CT molecular complexity index is 2560. The van der Waals surface area contributed by atoms with Gasteiger partial charge in [0.25, 0.3) is 0 Å². The van der Waals surface area contributed by atoms with Crippen molar-refractivity contribution in [2.45, 2.75) is 37.5 Å². The fourth-order valence-corrected chi connectivity index (χ4v) is 10.4. The molecule has 0 amide bonds. The molecule has 0 radical (unpaired) electrons. The van der Waals surface area contributed by atoms with E-state index in [0.717, 1.165) is 75.7 Å². The number of benzene rings is 4. The van der Waals surface area contributed by atoms with Gasteiger partial charge in [-0.25, -0.2) is 18.4 Å². The predicted octanol–water partition coefficient (Wildman–Crippen LogP) is 11.5. The third-order valence-electron chi connectivity index (χ3n) is 9.15. The van der Waals surface area contributed by atoms with Crippen LogP contribution in [0.2, 0.25) is 0 Å². The second kappa shape index (κ2) is 14.1. The van der Waals surface area contributed by atoms with Crippen LogP contribution in [0, 0.1) is 27.7 Å². The molecular weight excluding hydrogens is 713 g/mol. The minimum Gasteiger partial charge on any atom is -0.265 e. The van der Waals surface area contributed by atoms with Crippen LogP contribution in [0.4, 0.5) is 0 Å². The summed E-state index contributed by atoms with van der Waals surface area (Å²) < 4.78 is 28.5. The Morgan fingerprint density at radius 1 is 0.453 bits per heavy atom. The average molecular weight is 747 g/mol. The highest BCUT2D eigenvalue weighted by atomic mass is 32.2. The largest absolute Gasteiger partial charge is 0.265 e. The number of aromatic nitrogens is 4. The fraction of sp³-hybridized carbons (Fsp3) is 0.0909. The zero-order valence-electron chi connectivity index (χ0n) is 29.5. The number of thiazole rings is 2. The van der Waals surface area contributed by atoms with Crippen molar-refractivity contribution in [1.29, 1.82) is 0 Å². The van der Waals surface area contributed by atoms with Crippen LogP contribution in [-0.4, -0.2) is 28.4 Å². The molecule has 0 unspecified atom stereocenters. The smallest absolute Gasteiger partial charge is 0.207 e. The van der Waals surface area contributed by atoms with Crippen LogP contribution < -0.4 is 0 Å². The van der Waals surface area contributed by atoms with Crippen LogP contribution >= 0.6 is 22.7 Å². The first-order chi connectivity index (χ1) is 25.7. The number of sulfone groups is 1. The maximum atomic E-state index is 14.3. The van der Waals surface area contributed by atoms with Gasteiger partial charge in [0.15, 0.2) is 0 Å². The van der Waals surface area contributed by atoms with Crippen molar-refractivity contribution in [3.8, 4) is 64.5 Å². The highest BCUT2D eigenvalue weighted by molar-refractivity contribution is 7.91. The van der Waals surface area contributed by atoms with Gasteiger partial charge in [-0.2, -0.15) is 0 Å².